The average Bonchev–Trinajstić information content (AvgIpc) is 2.67. The fourth-order valence-corrected chi connectivity index (χ4v) is 3.89. The van der Waals surface area contributed by atoms with E-state index in [1.165, 1.54) is 6.20 Å². The molecule has 1 fully saturated rings. The fraction of sp³-hybridized carbons (Fsp3) is 0.667. The third-order valence-corrected chi connectivity index (χ3v) is 5.56. The molecule has 2 rings (SSSR count). The number of allylic oxidation sites excluding steroid dienone is 1. The maximum atomic E-state index is 13.1. The van der Waals surface area contributed by atoms with Crippen molar-refractivity contribution < 1.29 is 18.7 Å². The van der Waals surface area contributed by atoms with Crippen molar-refractivity contribution in [3.8, 4) is 0 Å². The Morgan fingerprint density at radius 3 is 2.57 bits per heavy atom. The van der Waals surface area contributed by atoms with E-state index in [4.69, 9.17) is 0 Å². The number of aliphatic hydroxyl groups is 1. The van der Waals surface area contributed by atoms with E-state index in [2.05, 4.69) is 27.2 Å². The SMILES string of the molecule is CC[C@@H](N(C)c1nc(NC2CCN(C)CC2)ncc1/C=C(\C=O)C(F)F)C(C)(C)O. The van der Waals surface area contributed by atoms with E-state index in [9.17, 15) is 18.7 Å². The number of alkyl halides is 2. The Hall–Kier alpha value is -2.13. The first-order chi connectivity index (χ1) is 14.1. The van der Waals surface area contributed by atoms with Crippen LogP contribution in [0.4, 0.5) is 20.5 Å². The lowest BCUT2D eigenvalue weighted by Crippen LogP contribution is -2.48. The second-order valence-corrected chi connectivity index (χ2v) is 8.45. The molecule has 0 spiro atoms. The Morgan fingerprint density at radius 1 is 1.43 bits per heavy atom. The zero-order valence-electron chi connectivity index (χ0n) is 18.4. The van der Waals surface area contributed by atoms with Gasteiger partial charge in [0.05, 0.1) is 17.2 Å². The van der Waals surface area contributed by atoms with Gasteiger partial charge in [-0.05, 0) is 59.3 Å². The Balaban J connectivity index is 2.43. The zero-order valence-corrected chi connectivity index (χ0v) is 18.4. The summed E-state index contributed by atoms with van der Waals surface area (Å²) in [6.45, 7) is 7.27. The molecule has 7 nitrogen and oxygen atoms in total. The van der Waals surface area contributed by atoms with Gasteiger partial charge in [-0.1, -0.05) is 6.92 Å². The normalized spacial score (nSPS) is 17.8. The number of aromatic nitrogens is 2. The number of hydrogen-bond donors (Lipinski definition) is 2. The molecule has 1 aromatic rings. The molecule has 9 heteroatoms. The first-order valence-electron chi connectivity index (χ1n) is 10.3. The molecule has 0 bridgehead atoms. The number of likely N-dealkylation sites (tertiary alicyclic amines) is 1. The van der Waals surface area contributed by atoms with Crippen molar-refractivity contribution in [3.63, 3.8) is 0 Å². The van der Waals surface area contributed by atoms with Crippen molar-refractivity contribution in [1.29, 1.82) is 0 Å². The molecule has 1 saturated heterocycles. The quantitative estimate of drug-likeness (QED) is 0.465. The van der Waals surface area contributed by atoms with Crippen LogP contribution in [0.15, 0.2) is 11.8 Å². The predicted molar refractivity (Wildman–Crippen MR) is 115 cm³/mol. The third kappa shape index (κ3) is 6.18. The van der Waals surface area contributed by atoms with E-state index in [-0.39, 0.29) is 18.4 Å². The predicted octanol–water partition coefficient (Wildman–Crippen LogP) is 2.82. The molecule has 2 N–H and O–H groups in total. The van der Waals surface area contributed by atoms with Gasteiger partial charge in [0, 0.05) is 24.8 Å². The summed E-state index contributed by atoms with van der Waals surface area (Å²) in [5.41, 5.74) is -1.38. The van der Waals surface area contributed by atoms with Crippen LogP contribution in [0.5, 0.6) is 0 Å². The molecule has 0 unspecified atom stereocenters. The van der Waals surface area contributed by atoms with Gasteiger partial charge >= 0.3 is 0 Å². The first kappa shape index (κ1) is 24.1. The van der Waals surface area contributed by atoms with Gasteiger partial charge < -0.3 is 20.2 Å². The van der Waals surface area contributed by atoms with Crippen LogP contribution in [0.25, 0.3) is 6.08 Å². The summed E-state index contributed by atoms with van der Waals surface area (Å²) < 4.78 is 26.3. The maximum Gasteiger partial charge on any atom is 0.267 e. The largest absolute Gasteiger partial charge is 0.388 e. The maximum absolute atomic E-state index is 13.1. The zero-order chi connectivity index (χ0) is 22.5. The summed E-state index contributed by atoms with van der Waals surface area (Å²) in [5.74, 6) is 0.785. The Morgan fingerprint density at radius 2 is 2.07 bits per heavy atom. The van der Waals surface area contributed by atoms with Crippen molar-refractivity contribution in [2.24, 2.45) is 0 Å². The number of hydrogen-bond acceptors (Lipinski definition) is 7. The number of halogens is 2. The van der Waals surface area contributed by atoms with Crippen LogP contribution in [0.3, 0.4) is 0 Å². The number of nitrogens with one attached hydrogen (secondary N) is 1. The topological polar surface area (TPSA) is 81.6 Å². The summed E-state index contributed by atoms with van der Waals surface area (Å²) in [4.78, 5) is 24.0. The van der Waals surface area contributed by atoms with Crippen molar-refractivity contribution in [3.05, 3.63) is 17.3 Å². The second-order valence-electron chi connectivity index (χ2n) is 8.45. The molecule has 30 heavy (non-hydrogen) atoms. The molecule has 0 aromatic carbocycles. The van der Waals surface area contributed by atoms with Crippen LogP contribution in [-0.4, -0.2) is 77.6 Å². The molecular weight excluding hydrogens is 392 g/mol. The molecule has 2 heterocycles. The summed E-state index contributed by atoms with van der Waals surface area (Å²) in [6, 6.07) is -0.0921. The van der Waals surface area contributed by atoms with E-state index in [1.54, 1.807) is 25.8 Å². The average molecular weight is 426 g/mol. The third-order valence-electron chi connectivity index (χ3n) is 5.56. The molecule has 0 aliphatic carbocycles. The van der Waals surface area contributed by atoms with Crippen LogP contribution in [0.1, 0.15) is 45.6 Å². The number of carbonyl (C=O) groups is 1. The molecular formula is C21H33F2N5O2. The second kappa shape index (κ2) is 10.3. The van der Waals surface area contributed by atoms with Gasteiger partial charge in [-0.3, -0.25) is 4.79 Å². The minimum absolute atomic E-state index is 0.145. The number of piperidine rings is 1. The van der Waals surface area contributed by atoms with Crippen LogP contribution in [-0.2, 0) is 4.79 Å². The highest BCUT2D eigenvalue weighted by Crippen LogP contribution is 2.28. The smallest absolute Gasteiger partial charge is 0.267 e. The highest BCUT2D eigenvalue weighted by atomic mass is 19.3. The molecule has 0 amide bonds. The minimum atomic E-state index is -2.89. The summed E-state index contributed by atoms with van der Waals surface area (Å²) in [5, 5.41) is 13.9. The van der Waals surface area contributed by atoms with Crippen LogP contribution < -0.4 is 10.2 Å². The molecule has 0 radical (unpaired) electrons. The molecule has 1 aromatic heterocycles. The Kier molecular flexibility index (Phi) is 8.25. The van der Waals surface area contributed by atoms with Gasteiger partial charge in [-0.2, -0.15) is 4.98 Å². The molecule has 1 aliphatic heterocycles. The van der Waals surface area contributed by atoms with Crippen molar-refractivity contribution >= 4 is 24.1 Å². The lowest BCUT2D eigenvalue weighted by Gasteiger charge is -2.37. The van der Waals surface area contributed by atoms with Crippen molar-refractivity contribution in [2.75, 3.05) is 37.4 Å². The number of rotatable bonds is 9. The molecule has 1 aliphatic rings. The highest BCUT2D eigenvalue weighted by Gasteiger charge is 2.31. The van der Waals surface area contributed by atoms with E-state index in [1.807, 2.05) is 6.92 Å². The van der Waals surface area contributed by atoms with Gasteiger partial charge in [-0.15, -0.1) is 0 Å². The lowest BCUT2D eigenvalue weighted by atomic mass is 9.95. The molecule has 1 atom stereocenters. The number of carbonyl (C=O) groups excluding carboxylic acids is 1. The van der Waals surface area contributed by atoms with Crippen LogP contribution in [0.2, 0.25) is 0 Å². The monoisotopic (exact) mass is 425 g/mol. The summed E-state index contributed by atoms with van der Waals surface area (Å²) >= 11 is 0. The van der Waals surface area contributed by atoms with Gasteiger partial charge in [-0.25, -0.2) is 13.8 Å². The van der Waals surface area contributed by atoms with Gasteiger partial charge in [0.25, 0.3) is 6.43 Å². The highest BCUT2D eigenvalue weighted by molar-refractivity contribution is 5.84. The van der Waals surface area contributed by atoms with E-state index in [0.29, 0.717) is 23.8 Å². The first-order valence-corrected chi connectivity index (χ1v) is 10.3. The Bertz CT molecular complexity index is 743. The van der Waals surface area contributed by atoms with Crippen LogP contribution >= 0.6 is 0 Å². The Labute approximate surface area is 177 Å². The number of anilines is 2. The van der Waals surface area contributed by atoms with E-state index in [0.717, 1.165) is 32.0 Å². The molecule has 168 valence electrons. The fourth-order valence-electron chi connectivity index (χ4n) is 3.89. The van der Waals surface area contributed by atoms with Gasteiger partial charge in [0.15, 0.2) is 6.29 Å². The van der Waals surface area contributed by atoms with E-state index >= 15 is 0 Å². The van der Waals surface area contributed by atoms with Gasteiger partial charge in [0.2, 0.25) is 5.95 Å². The number of nitrogens with zero attached hydrogens (tertiary/aromatic N) is 4. The van der Waals surface area contributed by atoms with Gasteiger partial charge in [0.1, 0.15) is 5.82 Å². The number of aldehydes is 1. The lowest BCUT2D eigenvalue weighted by molar-refractivity contribution is -0.105. The van der Waals surface area contributed by atoms with E-state index < -0.39 is 17.6 Å². The van der Waals surface area contributed by atoms with Crippen molar-refractivity contribution in [2.45, 2.75) is 64.1 Å². The van der Waals surface area contributed by atoms with Crippen molar-refractivity contribution in [1.82, 2.24) is 14.9 Å². The number of likely N-dealkylation sites (N-methyl/N-ethyl adjacent to an activating group) is 1. The summed E-state index contributed by atoms with van der Waals surface area (Å²) in [7, 11) is 3.84. The minimum Gasteiger partial charge on any atom is -0.388 e. The molecule has 0 saturated carbocycles. The standard InChI is InChI=1S/C21H33F2N5O2/c1-6-17(21(2,3)30)28(5)19-14(11-15(13-29)18(22)23)12-24-20(26-19)25-16-7-9-27(4)10-8-16/h11-13,16-18,30H,6-10H2,1-5H3,(H,24,25,26)/b15-11+/t17-/m1/s1. The van der Waals surface area contributed by atoms with Crippen LogP contribution in [0, 0.1) is 0 Å². The summed E-state index contributed by atoms with van der Waals surface area (Å²) in [6.07, 6.45) is 2.32.